The highest BCUT2D eigenvalue weighted by molar-refractivity contribution is 6.04. The summed E-state index contributed by atoms with van der Waals surface area (Å²) in [5.74, 6) is -0.170. The fourth-order valence-corrected chi connectivity index (χ4v) is 2.60. The van der Waals surface area contributed by atoms with Crippen molar-refractivity contribution >= 4 is 17.5 Å². The maximum Gasteiger partial charge on any atom is 0.244 e. The van der Waals surface area contributed by atoms with Gasteiger partial charge in [0.05, 0.1) is 18.9 Å². The number of carbonyl (C=O) groups excluding carboxylic acids is 2. The third-order valence-electron chi connectivity index (χ3n) is 3.86. The van der Waals surface area contributed by atoms with Crippen molar-refractivity contribution in [3.8, 4) is 0 Å². The first-order valence-electron chi connectivity index (χ1n) is 7.53. The van der Waals surface area contributed by atoms with E-state index in [4.69, 9.17) is 4.74 Å². The van der Waals surface area contributed by atoms with Crippen LogP contribution in [0.2, 0.25) is 0 Å². The van der Waals surface area contributed by atoms with Crippen LogP contribution in [0.15, 0.2) is 35.4 Å². The van der Waals surface area contributed by atoms with E-state index in [1.165, 1.54) is 5.01 Å². The molecule has 0 unspecified atom stereocenters. The number of hydrogen-bond donors (Lipinski definition) is 0. The lowest BCUT2D eigenvalue weighted by Crippen LogP contribution is -2.46. The van der Waals surface area contributed by atoms with Gasteiger partial charge in [-0.2, -0.15) is 5.10 Å². The Bertz CT molecular complexity index is 580. The van der Waals surface area contributed by atoms with Gasteiger partial charge in [-0.05, 0) is 5.56 Å². The third kappa shape index (κ3) is 3.33. The molecule has 3 rings (SSSR count). The van der Waals surface area contributed by atoms with Crippen LogP contribution in [0.1, 0.15) is 18.4 Å². The second-order valence-corrected chi connectivity index (χ2v) is 5.36. The van der Waals surface area contributed by atoms with Crippen LogP contribution < -0.4 is 0 Å². The van der Waals surface area contributed by atoms with Crippen LogP contribution in [-0.2, 0) is 14.3 Å². The van der Waals surface area contributed by atoms with E-state index in [1.807, 2.05) is 30.3 Å². The van der Waals surface area contributed by atoms with Gasteiger partial charge >= 0.3 is 0 Å². The molecule has 2 amide bonds. The van der Waals surface area contributed by atoms with Crippen LogP contribution in [0.5, 0.6) is 0 Å². The second-order valence-electron chi connectivity index (χ2n) is 5.36. The van der Waals surface area contributed by atoms with Gasteiger partial charge < -0.3 is 9.64 Å². The molecule has 0 spiro atoms. The van der Waals surface area contributed by atoms with Crippen LogP contribution in [-0.4, -0.2) is 60.3 Å². The predicted molar refractivity (Wildman–Crippen MR) is 81.3 cm³/mol. The van der Waals surface area contributed by atoms with E-state index in [2.05, 4.69) is 5.10 Å². The van der Waals surface area contributed by atoms with Gasteiger partial charge in [0.25, 0.3) is 0 Å². The molecule has 2 heterocycles. The van der Waals surface area contributed by atoms with Crippen molar-refractivity contribution in [1.82, 2.24) is 9.91 Å². The van der Waals surface area contributed by atoms with Crippen LogP contribution in [0.4, 0.5) is 0 Å². The number of rotatable bonds is 3. The molecule has 116 valence electrons. The third-order valence-corrected chi connectivity index (χ3v) is 3.86. The van der Waals surface area contributed by atoms with Gasteiger partial charge in [0.15, 0.2) is 0 Å². The number of hydrogen-bond acceptors (Lipinski definition) is 4. The SMILES string of the molecule is O=C(CN1N=C(c2ccccc2)CCC1=O)N1CCOCC1. The number of morpholine rings is 1. The van der Waals surface area contributed by atoms with Crippen molar-refractivity contribution < 1.29 is 14.3 Å². The first-order chi connectivity index (χ1) is 10.7. The molecular formula is C16H19N3O3. The van der Waals surface area contributed by atoms with Crippen LogP contribution in [0.25, 0.3) is 0 Å². The number of nitrogens with zero attached hydrogens (tertiary/aromatic N) is 3. The van der Waals surface area contributed by atoms with E-state index < -0.39 is 0 Å². The summed E-state index contributed by atoms with van der Waals surface area (Å²) in [6.07, 6.45) is 1.01. The zero-order chi connectivity index (χ0) is 15.4. The highest BCUT2D eigenvalue weighted by Gasteiger charge is 2.26. The molecule has 1 fully saturated rings. The Morgan fingerprint density at radius 2 is 1.86 bits per heavy atom. The van der Waals surface area contributed by atoms with E-state index in [-0.39, 0.29) is 18.4 Å². The molecule has 0 aromatic heterocycles. The van der Waals surface area contributed by atoms with E-state index in [0.717, 1.165) is 11.3 Å². The molecule has 0 N–H and O–H groups in total. The van der Waals surface area contributed by atoms with E-state index in [9.17, 15) is 9.59 Å². The Balaban J connectivity index is 1.71. The maximum atomic E-state index is 12.3. The first kappa shape index (κ1) is 14.7. The lowest BCUT2D eigenvalue weighted by atomic mass is 10.0. The summed E-state index contributed by atoms with van der Waals surface area (Å²) in [6.45, 7) is 2.28. The average Bonchev–Trinajstić information content (AvgIpc) is 2.58. The molecule has 0 bridgehead atoms. The first-order valence-corrected chi connectivity index (χ1v) is 7.53. The topological polar surface area (TPSA) is 62.2 Å². The summed E-state index contributed by atoms with van der Waals surface area (Å²) in [6, 6.07) is 9.76. The zero-order valence-electron chi connectivity index (χ0n) is 12.4. The molecule has 1 aromatic rings. The van der Waals surface area contributed by atoms with Gasteiger partial charge in [-0.15, -0.1) is 0 Å². The number of hydrazone groups is 1. The van der Waals surface area contributed by atoms with Crippen LogP contribution >= 0.6 is 0 Å². The summed E-state index contributed by atoms with van der Waals surface area (Å²) in [4.78, 5) is 26.0. The molecular weight excluding hydrogens is 282 g/mol. The Kier molecular flexibility index (Phi) is 4.48. The second kappa shape index (κ2) is 6.70. The Labute approximate surface area is 129 Å². The number of benzene rings is 1. The van der Waals surface area contributed by atoms with Gasteiger partial charge in [0.1, 0.15) is 6.54 Å². The maximum absolute atomic E-state index is 12.3. The molecule has 0 aliphatic carbocycles. The quantitative estimate of drug-likeness (QED) is 0.832. The summed E-state index contributed by atoms with van der Waals surface area (Å²) in [5.41, 5.74) is 1.86. The normalized spacial score (nSPS) is 19.1. The van der Waals surface area contributed by atoms with Gasteiger partial charge in [0.2, 0.25) is 11.8 Å². The van der Waals surface area contributed by atoms with E-state index in [1.54, 1.807) is 4.90 Å². The molecule has 22 heavy (non-hydrogen) atoms. The number of amides is 2. The molecule has 2 aliphatic rings. The lowest BCUT2D eigenvalue weighted by molar-refractivity contribution is -0.143. The highest BCUT2D eigenvalue weighted by atomic mass is 16.5. The van der Waals surface area contributed by atoms with Crippen molar-refractivity contribution in [3.05, 3.63) is 35.9 Å². The van der Waals surface area contributed by atoms with Gasteiger partial charge in [-0.3, -0.25) is 9.59 Å². The minimum Gasteiger partial charge on any atom is -0.378 e. The van der Waals surface area contributed by atoms with Crippen molar-refractivity contribution in [3.63, 3.8) is 0 Å². The summed E-state index contributed by atoms with van der Waals surface area (Å²) < 4.78 is 5.23. The largest absolute Gasteiger partial charge is 0.378 e. The Morgan fingerprint density at radius 1 is 1.14 bits per heavy atom. The van der Waals surface area contributed by atoms with Gasteiger partial charge in [-0.25, -0.2) is 5.01 Å². The fourth-order valence-electron chi connectivity index (χ4n) is 2.60. The molecule has 1 aromatic carbocycles. The van der Waals surface area contributed by atoms with Crippen LogP contribution in [0, 0.1) is 0 Å². The van der Waals surface area contributed by atoms with E-state index >= 15 is 0 Å². The minimum absolute atomic E-state index is 0.00909. The smallest absolute Gasteiger partial charge is 0.244 e. The van der Waals surface area contributed by atoms with E-state index in [0.29, 0.717) is 39.1 Å². The van der Waals surface area contributed by atoms with Crippen molar-refractivity contribution in [1.29, 1.82) is 0 Å². The lowest BCUT2D eigenvalue weighted by Gasteiger charge is -2.29. The van der Waals surface area contributed by atoms with Gasteiger partial charge in [0, 0.05) is 25.9 Å². The molecule has 2 aliphatic heterocycles. The zero-order valence-corrected chi connectivity index (χ0v) is 12.4. The Hall–Kier alpha value is -2.21. The van der Waals surface area contributed by atoms with Gasteiger partial charge in [-0.1, -0.05) is 30.3 Å². The van der Waals surface area contributed by atoms with Crippen molar-refractivity contribution in [2.45, 2.75) is 12.8 Å². The van der Waals surface area contributed by atoms with Crippen molar-refractivity contribution in [2.24, 2.45) is 5.10 Å². The molecule has 1 saturated heterocycles. The molecule has 0 radical (unpaired) electrons. The standard InChI is InChI=1S/C16H19N3O3/c20-15-7-6-14(13-4-2-1-3-5-13)17-19(15)12-16(21)18-8-10-22-11-9-18/h1-5H,6-12H2. The summed E-state index contributed by atoms with van der Waals surface area (Å²) in [5, 5.41) is 5.70. The number of ether oxygens (including phenoxy) is 1. The Morgan fingerprint density at radius 3 is 2.59 bits per heavy atom. The molecule has 0 atom stereocenters. The molecule has 0 saturated carbocycles. The monoisotopic (exact) mass is 301 g/mol. The summed E-state index contributed by atoms with van der Waals surface area (Å²) in [7, 11) is 0. The predicted octanol–water partition coefficient (Wildman–Crippen LogP) is 0.872. The summed E-state index contributed by atoms with van der Waals surface area (Å²) >= 11 is 0. The van der Waals surface area contributed by atoms with Crippen LogP contribution in [0.3, 0.4) is 0 Å². The van der Waals surface area contributed by atoms with Crippen molar-refractivity contribution in [2.75, 3.05) is 32.8 Å². The fraction of sp³-hybridized carbons (Fsp3) is 0.438. The molecule has 6 nitrogen and oxygen atoms in total. The average molecular weight is 301 g/mol. The number of carbonyl (C=O) groups is 2. The minimum atomic E-state index is -0.0960. The molecule has 6 heteroatoms. The highest BCUT2D eigenvalue weighted by Crippen LogP contribution is 2.15.